The fourth-order valence-electron chi connectivity index (χ4n) is 3.85. The van der Waals surface area contributed by atoms with Crippen molar-refractivity contribution < 1.29 is 14.3 Å². The maximum Gasteiger partial charge on any atom is 0.309 e. The van der Waals surface area contributed by atoms with E-state index in [4.69, 9.17) is 4.74 Å². The average Bonchev–Trinajstić information content (AvgIpc) is 3.30. The van der Waals surface area contributed by atoms with Crippen LogP contribution in [-0.2, 0) is 16.0 Å². The van der Waals surface area contributed by atoms with E-state index in [2.05, 4.69) is 38.9 Å². The molecule has 0 saturated carbocycles. The third-order valence-electron chi connectivity index (χ3n) is 5.66. The zero-order chi connectivity index (χ0) is 22.2. The Morgan fingerprint density at radius 3 is 2.42 bits per heavy atom. The summed E-state index contributed by atoms with van der Waals surface area (Å²) in [6.07, 6.45) is 0.650. The van der Waals surface area contributed by atoms with Gasteiger partial charge in [0.05, 0.1) is 13.2 Å². The van der Waals surface area contributed by atoms with Crippen molar-refractivity contribution in [1.82, 2.24) is 20.4 Å². The van der Waals surface area contributed by atoms with E-state index >= 15 is 0 Å². The molecule has 168 valence electrons. The van der Waals surface area contributed by atoms with E-state index in [0.717, 1.165) is 37.5 Å². The lowest BCUT2D eigenvalue weighted by molar-refractivity contribution is -0.139. The average molecular weight is 445 g/mol. The molecule has 1 aliphatic heterocycles. The van der Waals surface area contributed by atoms with E-state index in [9.17, 15) is 9.59 Å². The molecule has 2 N–H and O–H groups in total. The van der Waals surface area contributed by atoms with Crippen LogP contribution in [0.3, 0.4) is 0 Å². The number of rotatable bonds is 8. The van der Waals surface area contributed by atoms with Crippen LogP contribution in [0.5, 0.6) is 5.75 Å². The van der Waals surface area contributed by atoms with Crippen molar-refractivity contribution in [2.24, 2.45) is 0 Å². The summed E-state index contributed by atoms with van der Waals surface area (Å²) in [5.74, 6) is -0.386. The van der Waals surface area contributed by atoms with Gasteiger partial charge in [-0.05, 0) is 49.5 Å². The normalized spacial score (nSPS) is 17.0. The molecule has 0 bridgehead atoms. The van der Waals surface area contributed by atoms with Crippen molar-refractivity contribution in [1.29, 1.82) is 0 Å². The van der Waals surface area contributed by atoms with Crippen molar-refractivity contribution in [3.63, 3.8) is 0 Å². The standard InChI is InChI=1S/C23H32N4O3S/c1-17(21(20-5-4-16-31-20)27-14-12-26(2)13-15-27)25-23(29)22(28)24-11-10-18-6-8-19(30-3)9-7-18/h4-9,16-17,21H,10-15H2,1-3H3,(H,24,28)(H,25,29). The molecule has 0 spiro atoms. The zero-order valence-electron chi connectivity index (χ0n) is 18.5. The van der Waals surface area contributed by atoms with Gasteiger partial charge < -0.3 is 20.3 Å². The summed E-state index contributed by atoms with van der Waals surface area (Å²) in [5.41, 5.74) is 1.07. The topological polar surface area (TPSA) is 73.9 Å². The van der Waals surface area contributed by atoms with E-state index < -0.39 is 11.8 Å². The fraction of sp³-hybridized carbons (Fsp3) is 0.478. The number of ether oxygens (including phenoxy) is 1. The molecule has 1 fully saturated rings. The van der Waals surface area contributed by atoms with Crippen LogP contribution >= 0.6 is 11.3 Å². The summed E-state index contributed by atoms with van der Waals surface area (Å²) >= 11 is 1.69. The Balaban J connectivity index is 1.52. The van der Waals surface area contributed by atoms with Crippen LogP contribution in [0.2, 0.25) is 0 Å². The summed E-state index contributed by atoms with van der Waals surface area (Å²) in [6.45, 7) is 6.24. The first-order valence-corrected chi connectivity index (χ1v) is 11.5. The van der Waals surface area contributed by atoms with Gasteiger partial charge in [-0.15, -0.1) is 11.3 Å². The number of piperazine rings is 1. The van der Waals surface area contributed by atoms with Crippen molar-refractivity contribution in [3.8, 4) is 5.75 Å². The predicted molar refractivity (Wildman–Crippen MR) is 123 cm³/mol. The number of hydrogen-bond acceptors (Lipinski definition) is 6. The largest absolute Gasteiger partial charge is 0.497 e. The van der Waals surface area contributed by atoms with Gasteiger partial charge in [-0.2, -0.15) is 0 Å². The minimum absolute atomic E-state index is 0.0600. The summed E-state index contributed by atoms with van der Waals surface area (Å²) in [5, 5.41) is 7.70. The number of nitrogens with one attached hydrogen (secondary N) is 2. The zero-order valence-corrected chi connectivity index (χ0v) is 19.3. The molecule has 2 unspecified atom stereocenters. The van der Waals surface area contributed by atoms with Crippen molar-refractivity contribution in [2.75, 3.05) is 46.9 Å². The van der Waals surface area contributed by atoms with Crippen LogP contribution in [0, 0.1) is 0 Å². The maximum atomic E-state index is 12.5. The number of methoxy groups -OCH3 is 1. The van der Waals surface area contributed by atoms with E-state index in [1.807, 2.05) is 37.3 Å². The predicted octanol–water partition coefficient (Wildman–Crippen LogP) is 1.91. The second kappa shape index (κ2) is 11.3. The van der Waals surface area contributed by atoms with Crippen LogP contribution < -0.4 is 15.4 Å². The Morgan fingerprint density at radius 2 is 1.81 bits per heavy atom. The molecule has 2 heterocycles. The smallest absolute Gasteiger partial charge is 0.309 e. The highest BCUT2D eigenvalue weighted by atomic mass is 32.1. The number of thiophene rings is 1. The van der Waals surface area contributed by atoms with Crippen molar-refractivity contribution in [2.45, 2.75) is 25.4 Å². The van der Waals surface area contributed by atoms with Crippen molar-refractivity contribution in [3.05, 3.63) is 52.2 Å². The number of hydrogen-bond donors (Lipinski definition) is 2. The summed E-state index contributed by atoms with van der Waals surface area (Å²) in [7, 11) is 3.75. The van der Waals surface area contributed by atoms with Crippen molar-refractivity contribution >= 4 is 23.2 Å². The monoisotopic (exact) mass is 444 g/mol. The number of carbonyl (C=O) groups is 2. The molecule has 2 atom stereocenters. The molecule has 2 aromatic rings. The molecule has 1 aromatic carbocycles. The summed E-state index contributed by atoms with van der Waals surface area (Å²) in [6, 6.07) is 11.7. The Kier molecular flexibility index (Phi) is 8.45. The maximum absolute atomic E-state index is 12.5. The SMILES string of the molecule is COc1ccc(CCNC(=O)C(=O)NC(C)C(c2cccs2)N2CCN(C)CC2)cc1. The Hall–Kier alpha value is -2.42. The molecule has 2 amide bonds. The molecular formula is C23H32N4O3S. The molecule has 3 rings (SSSR count). The van der Waals surface area contributed by atoms with Gasteiger partial charge in [0.1, 0.15) is 5.75 Å². The number of carbonyl (C=O) groups excluding carboxylic acids is 2. The minimum Gasteiger partial charge on any atom is -0.497 e. The molecule has 0 radical (unpaired) electrons. The number of benzene rings is 1. The van der Waals surface area contributed by atoms with E-state index in [-0.39, 0.29) is 12.1 Å². The van der Waals surface area contributed by atoms with E-state index in [0.29, 0.717) is 13.0 Å². The molecule has 1 aliphatic rings. The first-order chi connectivity index (χ1) is 15.0. The van der Waals surface area contributed by atoms with E-state index in [1.54, 1.807) is 18.4 Å². The first-order valence-electron chi connectivity index (χ1n) is 10.7. The van der Waals surface area contributed by atoms with E-state index in [1.165, 1.54) is 4.88 Å². The van der Waals surface area contributed by atoms with Crippen LogP contribution in [-0.4, -0.2) is 74.5 Å². The Morgan fingerprint density at radius 1 is 1.10 bits per heavy atom. The highest BCUT2D eigenvalue weighted by Gasteiger charge is 2.31. The fourth-order valence-corrected chi connectivity index (χ4v) is 4.81. The van der Waals surface area contributed by atoms with Crippen LogP contribution in [0.25, 0.3) is 0 Å². The quantitative estimate of drug-likeness (QED) is 0.609. The molecule has 31 heavy (non-hydrogen) atoms. The number of amides is 2. The van der Waals surface area contributed by atoms with Crippen LogP contribution in [0.4, 0.5) is 0 Å². The van der Waals surface area contributed by atoms with Gasteiger partial charge in [-0.3, -0.25) is 14.5 Å². The number of likely N-dealkylation sites (N-methyl/N-ethyl adjacent to an activating group) is 1. The second-order valence-electron chi connectivity index (χ2n) is 7.92. The Bertz CT molecular complexity index is 833. The number of nitrogens with zero attached hydrogens (tertiary/aromatic N) is 2. The summed E-state index contributed by atoms with van der Waals surface area (Å²) < 4.78 is 5.15. The highest BCUT2D eigenvalue weighted by Crippen LogP contribution is 2.29. The minimum atomic E-state index is -0.594. The van der Waals surface area contributed by atoms with Gasteiger partial charge in [0, 0.05) is 43.6 Å². The molecule has 1 saturated heterocycles. The molecule has 7 nitrogen and oxygen atoms in total. The van der Waals surface area contributed by atoms with Gasteiger partial charge in [0.25, 0.3) is 0 Å². The second-order valence-corrected chi connectivity index (χ2v) is 8.89. The molecule has 1 aromatic heterocycles. The molecule has 8 heteroatoms. The van der Waals surface area contributed by atoms with Crippen LogP contribution in [0.15, 0.2) is 41.8 Å². The van der Waals surface area contributed by atoms with Gasteiger partial charge >= 0.3 is 11.8 Å². The van der Waals surface area contributed by atoms with Gasteiger partial charge in [-0.25, -0.2) is 0 Å². The third-order valence-corrected chi connectivity index (χ3v) is 6.61. The lowest BCUT2D eigenvalue weighted by Crippen LogP contribution is -2.53. The van der Waals surface area contributed by atoms with Gasteiger partial charge in [0.2, 0.25) is 0 Å². The third kappa shape index (κ3) is 6.53. The Labute approximate surface area is 188 Å². The molecular weight excluding hydrogens is 412 g/mol. The lowest BCUT2D eigenvalue weighted by atomic mass is 10.0. The van der Waals surface area contributed by atoms with Gasteiger partial charge in [-0.1, -0.05) is 18.2 Å². The van der Waals surface area contributed by atoms with Crippen LogP contribution in [0.1, 0.15) is 23.4 Å². The van der Waals surface area contributed by atoms with Gasteiger partial charge in [0.15, 0.2) is 0 Å². The lowest BCUT2D eigenvalue weighted by Gasteiger charge is -2.40. The highest BCUT2D eigenvalue weighted by molar-refractivity contribution is 7.10. The summed E-state index contributed by atoms with van der Waals surface area (Å²) in [4.78, 5) is 30.8. The molecule has 0 aliphatic carbocycles. The first kappa shape index (κ1) is 23.2.